The number of rotatable bonds is 4. The van der Waals surface area contributed by atoms with Crippen molar-refractivity contribution in [3.05, 3.63) is 82.9 Å². The molecule has 1 aliphatic heterocycles. The molecule has 1 aliphatic carbocycles. The number of aromatic carboxylic acids is 1. The number of amides is 1. The average Bonchev–Trinajstić information content (AvgIpc) is 3.48. The fourth-order valence-electron chi connectivity index (χ4n) is 4.67. The van der Waals surface area contributed by atoms with Crippen LogP contribution in [0.25, 0.3) is 16.7 Å². The molecule has 1 saturated carbocycles. The minimum absolute atomic E-state index is 0.0661. The van der Waals surface area contributed by atoms with Gasteiger partial charge in [0.05, 0.1) is 40.4 Å². The Kier molecular flexibility index (Phi) is 3.95. The molecule has 6 rings (SSSR count). The Labute approximate surface area is 187 Å². The van der Waals surface area contributed by atoms with Crippen molar-refractivity contribution in [2.45, 2.75) is 24.8 Å². The summed E-state index contributed by atoms with van der Waals surface area (Å²) in [5.41, 5.74) is 3.69. The molecule has 1 spiro atoms. The quantitative estimate of drug-likeness (QED) is 0.505. The number of halogens is 1. The Morgan fingerprint density at radius 1 is 1.16 bits per heavy atom. The average molecular weight is 445 g/mol. The van der Waals surface area contributed by atoms with E-state index in [9.17, 15) is 14.7 Å². The van der Waals surface area contributed by atoms with Crippen LogP contribution >= 0.6 is 11.6 Å². The molecule has 0 radical (unpaired) electrons. The molecule has 158 valence electrons. The zero-order chi connectivity index (χ0) is 22.0. The highest BCUT2D eigenvalue weighted by Gasteiger charge is 2.59. The lowest BCUT2D eigenvalue weighted by Crippen LogP contribution is -2.32. The highest BCUT2D eigenvalue weighted by Crippen LogP contribution is 2.57. The molecule has 7 nitrogen and oxygen atoms in total. The standard InChI is InChI=1S/C24H17ClN4O3/c25-15-4-5-19-18(11-15)27-21(29(19)16-3-1-2-14(10-16)22(30)31)13-28-20-12-26-9-6-17(20)24(7-8-24)23(28)32/h1-6,9-12H,7-8,13H2,(H,30,31). The van der Waals surface area contributed by atoms with Gasteiger partial charge in [0.2, 0.25) is 5.91 Å². The second-order valence-corrected chi connectivity index (χ2v) is 8.65. The number of imidazole rings is 1. The number of carboxylic acids is 1. The van der Waals surface area contributed by atoms with E-state index in [4.69, 9.17) is 16.6 Å². The topological polar surface area (TPSA) is 88.3 Å². The summed E-state index contributed by atoms with van der Waals surface area (Å²) in [5, 5.41) is 10.0. The van der Waals surface area contributed by atoms with E-state index in [1.807, 2.05) is 22.8 Å². The van der Waals surface area contributed by atoms with Crippen LogP contribution in [-0.2, 0) is 16.8 Å². The van der Waals surface area contributed by atoms with E-state index >= 15 is 0 Å². The Morgan fingerprint density at radius 3 is 2.78 bits per heavy atom. The molecule has 1 amide bonds. The van der Waals surface area contributed by atoms with Crippen molar-refractivity contribution in [1.82, 2.24) is 14.5 Å². The normalized spacial score (nSPS) is 16.0. The van der Waals surface area contributed by atoms with Gasteiger partial charge >= 0.3 is 5.97 Å². The maximum atomic E-state index is 13.4. The molecule has 0 atom stereocenters. The minimum atomic E-state index is -1.01. The van der Waals surface area contributed by atoms with Crippen molar-refractivity contribution in [3.63, 3.8) is 0 Å². The van der Waals surface area contributed by atoms with Gasteiger partial charge in [-0.3, -0.25) is 14.3 Å². The monoisotopic (exact) mass is 444 g/mol. The number of benzene rings is 2. The number of carbonyl (C=O) groups is 2. The number of pyridine rings is 1. The number of carboxylic acid groups (broad SMARTS) is 1. The maximum Gasteiger partial charge on any atom is 0.335 e. The molecule has 0 unspecified atom stereocenters. The molecule has 3 heterocycles. The summed E-state index contributed by atoms with van der Waals surface area (Å²) in [7, 11) is 0. The summed E-state index contributed by atoms with van der Waals surface area (Å²) in [6.45, 7) is 0.239. The summed E-state index contributed by atoms with van der Waals surface area (Å²) in [5.74, 6) is -0.326. The number of hydrogen-bond donors (Lipinski definition) is 1. The predicted molar refractivity (Wildman–Crippen MR) is 119 cm³/mol. The Hall–Kier alpha value is -3.71. The molecule has 32 heavy (non-hydrogen) atoms. The third-order valence-corrected chi connectivity index (χ3v) is 6.58. The fourth-order valence-corrected chi connectivity index (χ4v) is 4.84. The van der Waals surface area contributed by atoms with Crippen LogP contribution in [-0.4, -0.2) is 31.5 Å². The SMILES string of the molecule is O=C(O)c1cccc(-n2c(CN3C(=O)C4(CC4)c4ccncc43)nc3cc(Cl)ccc32)c1. The molecule has 2 aromatic heterocycles. The van der Waals surface area contributed by atoms with Gasteiger partial charge in [-0.2, -0.15) is 0 Å². The second kappa shape index (κ2) is 6.64. The minimum Gasteiger partial charge on any atom is -0.478 e. The number of anilines is 1. The summed E-state index contributed by atoms with van der Waals surface area (Å²) < 4.78 is 1.89. The van der Waals surface area contributed by atoms with Crippen LogP contribution < -0.4 is 4.90 Å². The summed E-state index contributed by atoms with van der Waals surface area (Å²) in [6.07, 6.45) is 5.14. The lowest BCUT2D eigenvalue weighted by atomic mass is 9.99. The smallest absolute Gasteiger partial charge is 0.335 e. The van der Waals surface area contributed by atoms with Crippen LogP contribution in [0, 0.1) is 0 Å². The summed E-state index contributed by atoms with van der Waals surface area (Å²) >= 11 is 6.20. The highest BCUT2D eigenvalue weighted by atomic mass is 35.5. The molecule has 1 N–H and O–H groups in total. The van der Waals surface area contributed by atoms with E-state index in [0.717, 1.165) is 29.6 Å². The molecule has 0 bridgehead atoms. The van der Waals surface area contributed by atoms with Gasteiger partial charge in [0.15, 0.2) is 0 Å². The van der Waals surface area contributed by atoms with Crippen molar-refractivity contribution < 1.29 is 14.7 Å². The van der Waals surface area contributed by atoms with Crippen LogP contribution in [0.15, 0.2) is 60.9 Å². The van der Waals surface area contributed by atoms with Gasteiger partial charge in [0.25, 0.3) is 0 Å². The number of nitrogens with zero attached hydrogens (tertiary/aromatic N) is 4. The van der Waals surface area contributed by atoms with Crippen LogP contribution in [0.4, 0.5) is 5.69 Å². The number of carbonyl (C=O) groups excluding carboxylic acids is 1. The first-order valence-corrected chi connectivity index (χ1v) is 10.6. The van der Waals surface area contributed by atoms with Gasteiger partial charge in [-0.15, -0.1) is 0 Å². The molecule has 4 aromatic rings. The number of fused-ring (bicyclic) bond motifs is 3. The number of aromatic nitrogens is 3. The molecular formula is C24H17ClN4O3. The summed E-state index contributed by atoms with van der Waals surface area (Å²) in [6, 6.07) is 14.0. The molecule has 0 saturated heterocycles. The van der Waals surface area contributed by atoms with Gasteiger partial charge < -0.3 is 10.0 Å². The van der Waals surface area contributed by atoms with Crippen molar-refractivity contribution >= 4 is 40.2 Å². The van der Waals surface area contributed by atoms with Crippen molar-refractivity contribution in [2.75, 3.05) is 4.90 Å². The Morgan fingerprint density at radius 2 is 2.00 bits per heavy atom. The van der Waals surface area contributed by atoms with Crippen molar-refractivity contribution in [3.8, 4) is 5.69 Å². The van der Waals surface area contributed by atoms with Crippen LogP contribution in [0.1, 0.15) is 34.6 Å². The van der Waals surface area contributed by atoms with Gasteiger partial charge in [0, 0.05) is 16.9 Å². The molecule has 1 fully saturated rings. The first kappa shape index (κ1) is 19.0. The van der Waals surface area contributed by atoms with E-state index in [1.54, 1.807) is 47.6 Å². The van der Waals surface area contributed by atoms with Crippen molar-refractivity contribution in [1.29, 1.82) is 0 Å². The zero-order valence-electron chi connectivity index (χ0n) is 16.8. The van der Waals surface area contributed by atoms with Crippen LogP contribution in [0.2, 0.25) is 5.02 Å². The van der Waals surface area contributed by atoms with Gasteiger partial charge in [-0.05, 0) is 60.9 Å². The second-order valence-electron chi connectivity index (χ2n) is 8.22. The molecule has 2 aliphatic rings. The van der Waals surface area contributed by atoms with E-state index in [-0.39, 0.29) is 18.0 Å². The predicted octanol–water partition coefficient (Wildman–Crippen LogP) is 4.35. The highest BCUT2D eigenvalue weighted by molar-refractivity contribution is 6.31. The third kappa shape index (κ3) is 2.67. The van der Waals surface area contributed by atoms with E-state index in [0.29, 0.717) is 22.1 Å². The van der Waals surface area contributed by atoms with Gasteiger partial charge in [-0.1, -0.05) is 17.7 Å². The Balaban J connectivity index is 1.52. The van der Waals surface area contributed by atoms with E-state index in [2.05, 4.69) is 4.98 Å². The fraction of sp³-hybridized carbons (Fsp3) is 0.167. The van der Waals surface area contributed by atoms with Crippen LogP contribution in [0.3, 0.4) is 0 Å². The zero-order valence-corrected chi connectivity index (χ0v) is 17.6. The van der Waals surface area contributed by atoms with Gasteiger partial charge in [-0.25, -0.2) is 9.78 Å². The lowest BCUT2D eigenvalue weighted by molar-refractivity contribution is -0.120. The third-order valence-electron chi connectivity index (χ3n) is 6.35. The first-order chi connectivity index (χ1) is 15.5. The Bertz CT molecular complexity index is 1440. The molecule has 8 heteroatoms. The van der Waals surface area contributed by atoms with Gasteiger partial charge in [0.1, 0.15) is 5.82 Å². The maximum absolute atomic E-state index is 13.4. The lowest BCUT2D eigenvalue weighted by Gasteiger charge is -2.19. The van der Waals surface area contributed by atoms with Crippen LogP contribution in [0.5, 0.6) is 0 Å². The first-order valence-electron chi connectivity index (χ1n) is 10.2. The molecular weight excluding hydrogens is 428 g/mol. The molecule has 2 aromatic carbocycles. The summed E-state index contributed by atoms with van der Waals surface area (Å²) in [4.78, 5) is 35.7. The number of hydrogen-bond acceptors (Lipinski definition) is 4. The van der Waals surface area contributed by atoms with E-state index < -0.39 is 11.4 Å². The van der Waals surface area contributed by atoms with E-state index in [1.165, 1.54) is 0 Å². The largest absolute Gasteiger partial charge is 0.478 e. The van der Waals surface area contributed by atoms with Crippen molar-refractivity contribution in [2.24, 2.45) is 0 Å².